The van der Waals surface area contributed by atoms with E-state index in [-0.39, 0.29) is 12.1 Å². The lowest BCUT2D eigenvalue weighted by molar-refractivity contribution is 0.304. The number of pyridine rings is 1. The van der Waals surface area contributed by atoms with Crippen LogP contribution < -0.4 is 5.32 Å². The Bertz CT molecular complexity index is 950. The van der Waals surface area contributed by atoms with Gasteiger partial charge in [0.2, 0.25) is 0 Å². The second kappa shape index (κ2) is 8.15. The fourth-order valence-electron chi connectivity index (χ4n) is 3.98. The highest BCUT2D eigenvalue weighted by molar-refractivity contribution is 7.80. The molecule has 2 aromatic heterocycles. The molecule has 0 unspecified atom stereocenters. The molecule has 3 heterocycles. The minimum Gasteiger partial charge on any atom is -0.352 e. The molecule has 2 atom stereocenters. The van der Waals surface area contributed by atoms with Gasteiger partial charge in [-0.3, -0.25) is 4.98 Å². The van der Waals surface area contributed by atoms with Crippen molar-refractivity contribution >= 4 is 17.3 Å². The standard InChI is InChI=1S/C23H26N4S/c1-3-4-15-27-22(21(25-23(27)28)18-11-7-8-14-24-18)20-13-9-16-26(20)19-12-6-5-10-17(19)2/h5-14,16,21-22H,3-4,15H2,1-2H3,(H,25,28)/t21-,22-/m1/s1. The van der Waals surface area contributed by atoms with Crippen LogP contribution in [0.15, 0.2) is 67.0 Å². The number of unbranched alkanes of at least 4 members (excludes halogenated alkanes) is 1. The zero-order valence-corrected chi connectivity index (χ0v) is 17.2. The fraction of sp³-hybridized carbons (Fsp3) is 0.304. The molecule has 0 aliphatic carbocycles. The van der Waals surface area contributed by atoms with Gasteiger partial charge in [0, 0.05) is 30.3 Å². The third kappa shape index (κ3) is 3.42. The lowest BCUT2D eigenvalue weighted by Crippen LogP contribution is -2.31. The van der Waals surface area contributed by atoms with Gasteiger partial charge in [0.05, 0.1) is 17.8 Å². The van der Waals surface area contributed by atoms with Crippen molar-refractivity contribution in [3.63, 3.8) is 0 Å². The smallest absolute Gasteiger partial charge is 0.170 e. The van der Waals surface area contributed by atoms with E-state index in [2.05, 4.69) is 82.3 Å². The number of thiocarbonyl (C=S) groups is 1. The molecule has 144 valence electrons. The topological polar surface area (TPSA) is 33.1 Å². The van der Waals surface area contributed by atoms with Gasteiger partial charge in [-0.1, -0.05) is 37.6 Å². The Kier molecular flexibility index (Phi) is 5.44. The molecule has 28 heavy (non-hydrogen) atoms. The summed E-state index contributed by atoms with van der Waals surface area (Å²) in [5, 5.41) is 4.35. The van der Waals surface area contributed by atoms with Crippen molar-refractivity contribution < 1.29 is 0 Å². The zero-order chi connectivity index (χ0) is 19.5. The van der Waals surface area contributed by atoms with Crippen LogP contribution in [-0.2, 0) is 0 Å². The van der Waals surface area contributed by atoms with Crippen molar-refractivity contribution in [2.24, 2.45) is 0 Å². The Morgan fingerprint density at radius 3 is 2.64 bits per heavy atom. The van der Waals surface area contributed by atoms with Gasteiger partial charge >= 0.3 is 0 Å². The second-order valence-corrected chi connectivity index (χ2v) is 7.65. The van der Waals surface area contributed by atoms with E-state index in [1.54, 1.807) is 0 Å². The number of nitrogens with zero attached hydrogens (tertiary/aromatic N) is 3. The minimum atomic E-state index is 0.0308. The molecule has 1 aliphatic rings. The first-order valence-electron chi connectivity index (χ1n) is 9.92. The third-order valence-corrected chi connectivity index (χ3v) is 5.76. The van der Waals surface area contributed by atoms with Gasteiger partial charge in [-0.25, -0.2) is 0 Å². The zero-order valence-electron chi connectivity index (χ0n) is 16.4. The molecule has 1 aliphatic heterocycles. The van der Waals surface area contributed by atoms with Crippen molar-refractivity contribution in [3.8, 4) is 5.69 Å². The van der Waals surface area contributed by atoms with E-state index in [1.807, 2.05) is 18.3 Å². The van der Waals surface area contributed by atoms with Gasteiger partial charge in [0.25, 0.3) is 0 Å². The molecular formula is C23H26N4S. The van der Waals surface area contributed by atoms with Crippen LogP contribution in [0.3, 0.4) is 0 Å². The van der Waals surface area contributed by atoms with Crippen molar-refractivity contribution in [1.29, 1.82) is 0 Å². The molecule has 0 spiro atoms. The van der Waals surface area contributed by atoms with E-state index in [9.17, 15) is 0 Å². The number of hydrogen-bond donors (Lipinski definition) is 1. The number of nitrogens with one attached hydrogen (secondary N) is 1. The molecule has 0 radical (unpaired) electrons. The maximum Gasteiger partial charge on any atom is 0.170 e. The minimum absolute atomic E-state index is 0.0308. The van der Waals surface area contributed by atoms with Crippen LogP contribution in [0.2, 0.25) is 0 Å². The van der Waals surface area contributed by atoms with E-state index >= 15 is 0 Å². The Morgan fingerprint density at radius 1 is 1.07 bits per heavy atom. The van der Waals surface area contributed by atoms with E-state index in [0.717, 1.165) is 30.2 Å². The molecule has 5 heteroatoms. The average Bonchev–Trinajstić information content (AvgIpc) is 3.31. The molecule has 1 N–H and O–H groups in total. The van der Waals surface area contributed by atoms with Gasteiger partial charge < -0.3 is 14.8 Å². The normalized spacial score (nSPS) is 19.1. The maximum atomic E-state index is 5.75. The fourth-order valence-corrected chi connectivity index (χ4v) is 4.32. The maximum absolute atomic E-state index is 5.75. The molecule has 0 saturated carbocycles. The number of benzene rings is 1. The van der Waals surface area contributed by atoms with Crippen molar-refractivity contribution in [2.45, 2.75) is 38.8 Å². The van der Waals surface area contributed by atoms with Crippen LogP contribution in [-0.4, -0.2) is 26.1 Å². The van der Waals surface area contributed by atoms with Gasteiger partial charge in [-0.05, 0) is 61.5 Å². The van der Waals surface area contributed by atoms with Crippen molar-refractivity contribution in [2.75, 3.05) is 6.54 Å². The van der Waals surface area contributed by atoms with Crippen molar-refractivity contribution in [1.82, 2.24) is 19.8 Å². The highest BCUT2D eigenvalue weighted by Crippen LogP contribution is 2.39. The Labute approximate surface area is 172 Å². The Hall–Kier alpha value is -2.66. The first-order chi connectivity index (χ1) is 13.7. The quantitative estimate of drug-likeness (QED) is 0.604. The van der Waals surface area contributed by atoms with Crippen LogP contribution >= 0.6 is 12.2 Å². The number of para-hydroxylation sites is 1. The summed E-state index contributed by atoms with van der Waals surface area (Å²) in [4.78, 5) is 6.97. The van der Waals surface area contributed by atoms with Gasteiger partial charge in [-0.15, -0.1) is 0 Å². The molecule has 1 saturated heterocycles. The highest BCUT2D eigenvalue weighted by atomic mass is 32.1. The average molecular weight is 391 g/mol. The first kappa shape index (κ1) is 18.7. The van der Waals surface area contributed by atoms with E-state index in [4.69, 9.17) is 12.2 Å². The summed E-state index contributed by atoms with van der Waals surface area (Å²) in [6, 6.07) is 19.0. The van der Waals surface area contributed by atoms with Gasteiger partial charge in [-0.2, -0.15) is 0 Å². The number of aryl methyl sites for hydroxylation is 1. The largest absolute Gasteiger partial charge is 0.352 e. The number of aromatic nitrogens is 2. The Balaban J connectivity index is 1.81. The molecule has 3 aromatic rings. The first-order valence-corrected chi connectivity index (χ1v) is 10.3. The van der Waals surface area contributed by atoms with Crippen LogP contribution in [0, 0.1) is 6.92 Å². The highest BCUT2D eigenvalue weighted by Gasteiger charge is 2.40. The second-order valence-electron chi connectivity index (χ2n) is 7.26. The molecule has 4 nitrogen and oxygen atoms in total. The molecule has 1 aromatic carbocycles. The summed E-state index contributed by atoms with van der Waals surface area (Å²) < 4.78 is 2.30. The third-order valence-electron chi connectivity index (χ3n) is 5.41. The van der Waals surface area contributed by atoms with Crippen molar-refractivity contribution in [3.05, 3.63) is 83.9 Å². The summed E-state index contributed by atoms with van der Waals surface area (Å²) in [6.45, 7) is 5.31. The molecule has 0 amide bonds. The van der Waals surface area contributed by atoms with Crippen LogP contribution in [0.25, 0.3) is 5.69 Å². The molecule has 0 bridgehead atoms. The van der Waals surface area contributed by atoms with E-state index in [0.29, 0.717) is 0 Å². The summed E-state index contributed by atoms with van der Waals surface area (Å²) in [7, 11) is 0. The lowest BCUT2D eigenvalue weighted by atomic mass is 10.0. The van der Waals surface area contributed by atoms with E-state index in [1.165, 1.54) is 16.9 Å². The molecule has 4 rings (SSSR count). The molecular weight excluding hydrogens is 364 g/mol. The van der Waals surface area contributed by atoms with Crippen LogP contribution in [0.1, 0.15) is 48.8 Å². The van der Waals surface area contributed by atoms with Crippen LogP contribution in [0.4, 0.5) is 0 Å². The number of hydrogen-bond acceptors (Lipinski definition) is 2. The van der Waals surface area contributed by atoms with Crippen LogP contribution in [0.5, 0.6) is 0 Å². The monoisotopic (exact) mass is 390 g/mol. The summed E-state index contributed by atoms with van der Waals surface area (Å²) in [5.74, 6) is 0. The SMILES string of the molecule is CCCCN1C(=S)N[C@H](c2ccccn2)[C@H]1c1cccn1-c1ccccc1C. The predicted molar refractivity (Wildman–Crippen MR) is 118 cm³/mol. The van der Waals surface area contributed by atoms with Gasteiger partial charge in [0.15, 0.2) is 5.11 Å². The van der Waals surface area contributed by atoms with Gasteiger partial charge in [0.1, 0.15) is 0 Å². The summed E-state index contributed by atoms with van der Waals surface area (Å²) in [6.07, 6.45) is 6.25. The Morgan fingerprint density at radius 2 is 1.89 bits per heavy atom. The lowest BCUT2D eigenvalue weighted by Gasteiger charge is -2.29. The summed E-state index contributed by atoms with van der Waals surface area (Å²) in [5.41, 5.74) is 4.71. The van der Waals surface area contributed by atoms with E-state index < -0.39 is 0 Å². The number of rotatable bonds is 6. The molecule has 1 fully saturated rings. The predicted octanol–water partition coefficient (Wildman–Crippen LogP) is 4.95. The summed E-state index contributed by atoms with van der Waals surface area (Å²) >= 11 is 5.75.